The molecule has 3 aromatic heterocycles. The van der Waals surface area contributed by atoms with Crippen molar-refractivity contribution in [1.82, 2.24) is 14.5 Å². The van der Waals surface area contributed by atoms with E-state index in [4.69, 9.17) is 4.42 Å². The second-order valence-electron chi connectivity index (χ2n) is 5.79. The number of nitrogens with zero attached hydrogens (tertiary/aromatic N) is 3. The highest BCUT2D eigenvalue weighted by molar-refractivity contribution is 7.18. The van der Waals surface area contributed by atoms with Gasteiger partial charge in [0, 0.05) is 24.9 Å². The lowest BCUT2D eigenvalue weighted by Gasteiger charge is -2.16. The average Bonchev–Trinajstić information content (AvgIpc) is 3.15. The van der Waals surface area contributed by atoms with Gasteiger partial charge in [0.2, 0.25) is 5.91 Å². The fourth-order valence-electron chi connectivity index (χ4n) is 2.56. The molecule has 0 bridgehead atoms. The summed E-state index contributed by atoms with van der Waals surface area (Å²) in [6.07, 6.45) is 3.35. The maximum absolute atomic E-state index is 12.6. The molecule has 7 heteroatoms. The van der Waals surface area contributed by atoms with Crippen molar-refractivity contribution in [2.24, 2.45) is 0 Å². The third-order valence-electron chi connectivity index (χ3n) is 4.12. The minimum Gasteiger partial charge on any atom is -0.467 e. The topological polar surface area (TPSA) is 68.3 Å². The quantitative estimate of drug-likeness (QED) is 0.713. The first-order chi connectivity index (χ1) is 11.5. The molecule has 0 saturated carbocycles. The van der Waals surface area contributed by atoms with Crippen LogP contribution in [-0.4, -0.2) is 27.4 Å². The Kier molecular flexibility index (Phi) is 4.53. The highest BCUT2D eigenvalue weighted by atomic mass is 32.1. The number of hydrogen-bond donors (Lipinski definition) is 0. The Morgan fingerprint density at radius 2 is 2.21 bits per heavy atom. The van der Waals surface area contributed by atoms with Gasteiger partial charge in [0.25, 0.3) is 5.56 Å². The molecule has 6 nitrogen and oxygen atoms in total. The van der Waals surface area contributed by atoms with E-state index in [9.17, 15) is 9.59 Å². The lowest BCUT2D eigenvalue weighted by atomic mass is 10.2. The van der Waals surface area contributed by atoms with Crippen LogP contribution in [0, 0.1) is 13.8 Å². The van der Waals surface area contributed by atoms with Crippen LogP contribution in [0.5, 0.6) is 0 Å². The summed E-state index contributed by atoms with van der Waals surface area (Å²) in [6, 6.07) is 3.62. The first kappa shape index (κ1) is 16.4. The van der Waals surface area contributed by atoms with E-state index < -0.39 is 0 Å². The predicted molar refractivity (Wildman–Crippen MR) is 93.2 cm³/mol. The zero-order valence-corrected chi connectivity index (χ0v) is 14.7. The second-order valence-corrected chi connectivity index (χ2v) is 6.99. The van der Waals surface area contributed by atoms with Crippen molar-refractivity contribution < 1.29 is 9.21 Å². The number of furan rings is 1. The molecule has 0 saturated heterocycles. The van der Waals surface area contributed by atoms with Gasteiger partial charge in [-0.3, -0.25) is 14.2 Å². The first-order valence-corrected chi connectivity index (χ1v) is 8.50. The van der Waals surface area contributed by atoms with Crippen molar-refractivity contribution in [2.45, 2.75) is 33.4 Å². The van der Waals surface area contributed by atoms with Crippen LogP contribution in [0.2, 0.25) is 0 Å². The van der Waals surface area contributed by atoms with Crippen molar-refractivity contribution in [3.63, 3.8) is 0 Å². The van der Waals surface area contributed by atoms with Gasteiger partial charge in [0.1, 0.15) is 10.6 Å². The predicted octanol–water partition coefficient (Wildman–Crippen LogP) is 2.72. The lowest BCUT2D eigenvalue weighted by molar-refractivity contribution is -0.130. The molecule has 0 atom stereocenters. The SMILES string of the molecule is Cc1sc2ncn(CCC(=O)N(C)Cc3ccco3)c(=O)c2c1C. The van der Waals surface area contributed by atoms with Gasteiger partial charge >= 0.3 is 0 Å². The molecule has 0 aromatic carbocycles. The Bertz CT molecular complexity index is 925. The number of amides is 1. The van der Waals surface area contributed by atoms with Crippen LogP contribution in [0.25, 0.3) is 10.2 Å². The summed E-state index contributed by atoms with van der Waals surface area (Å²) in [5, 5.41) is 0.663. The van der Waals surface area contributed by atoms with Gasteiger partial charge in [-0.05, 0) is 31.5 Å². The van der Waals surface area contributed by atoms with Gasteiger partial charge in [-0.25, -0.2) is 4.98 Å². The average molecular weight is 345 g/mol. The highest BCUT2D eigenvalue weighted by Crippen LogP contribution is 2.25. The Morgan fingerprint density at radius 1 is 1.42 bits per heavy atom. The Morgan fingerprint density at radius 3 is 2.92 bits per heavy atom. The number of carbonyl (C=O) groups excluding carboxylic acids is 1. The van der Waals surface area contributed by atoms with E-state index in [1.54, 1.807) is 24.3 Å². The molecule has 0 fully saturated rings. The first-order valence-electron chi connectivity index (χ1n) is 7.69. The molecule has 0 unspecified atom stereocenters. The summed E-state index contributed by atoms with van der Waals surface area (Å²) in [6.45, 7) is 4.65. The minimum absolute atomic E-state index is 0.0448. The molecule has 0 N–H and O–H groups in total. The van der Waals surface area contributed by atoms with Gasteiger partial charge in [-0.1, -0.05) is 0 Å². The van der Waals surface area contributed by atoms with Crippen molar-refractivity contribution in [2.75, 3.05) is 7.05 Å². The van der Waals surface area contributed by atoms with Gasteiger partial charge in [0.15, 0.2) is 0 Å². The molecule has 0 aliphatic carbocycles. The summed E-state index contributed by atoms with van der Waals surface area (Å²) < 4.78 is 6.76. The fraction of sp³-hybridized carbons (Fsp3) is 0.353. The molecule has 0 spiro atoms. The van der Waals surface area contributed by atoms with Crippen molar-refractivity contribution in [1.29, 1.82) is 0 Å². The molecular formula is C17H19N3O3S. The van der Waals surface area contributed by atoms with Crippen LogP contribution < -0.4 is 5.56 Å². The van der Waals surface area contributed by atoms with E-state index in [1.807, 2.05) is 19.9 Å². The van der Waals surface area contributed by atoms with Gasteiger partial charge in [-0.15, -0.1) is 11.3 Å². The summed E-state index contributed by atoms with van der Waals surface area (Å²) in [5.41, 5.74) is 0.895. The van der Waals surface area contributed by atoms with Crippen LogP contribution in [0.4, 0.5) is 0 Å². The molecule has 3 rings (SSSR count). The molecule has 126 valence electrons. The number of thiophene rings is 1. The molecule has 1 amide bonds. The summed E-state index contributed by atoms with van der Waals surface area (Å²) in [7, 11) is 1.72. The number of fused-ring (bicyclic) bond motifs is 1. The van der Waals surface area contributed by atoms with E-state index in [-0.39, 0.29) is 17.9 Å². The second kappa shape index (κ2) is 6.60. The molecule has 3 heterocycles. The maximum Gasteiger partial charge on any atom is 0.262 e. The van der Waals surface area contributed by atoms with Crippen LogP contribution >= 0.6 is 11.3 Å². The number of aryl methyl sites for hydroxylation is 3. The van der Waals surface area contributed by atoms with Crippen molar-refractivity contribution >= 4 is 27.5 Å². The number of carbonyl (C=O) groups is 1. The van der Waals surface area contributed by atoms with E-state index in [1.165, 1.54) is 22.2 Å². The lowest BCUT2D eigenvalue weighted by Crippen LogP contribution is -2.29. The molecule has 3 aromatic rings. The highest BCUT2D eigenvalue weighted by Gasteiger charge is 2.14. The van der Waals surface area contributed by atoms with E-state index in [0.29, 0.717) is 18.5 Å². The molecule has 0 radical (unpaired) electrons. The summed E-state index contributed by atoms with van der Waals surface area (Å²) in [5.74, 6) is 0.687. The number of hydrogen-bond acceptors (Lipinski definition) is 5. The summed E-state index contributed by atoms with van der Waals surface area (Å²) >= 11 is 1.52. The monoisotopic (exact) mass is 345 g/mol. The third-order valence-corrected chi connectivity index (χ3v) is 5.24. The van der Waals surface area contributed by atoms with Gasteiger partial charge < -0.3 is 9.32 Å². The maximum atomic E-state index is 12.6. The van der Waals surface area contributed by atoms with Crippen molar-refractivity contribution in [3.05, 3.63) is 51.3 Å². The van der Waals surface area contributed by atoms with E-state index >= 15 is 0 Å². The zero-order valence-electron chi connectivity index (χ0n) is 13.9. The van der Waals surface area contributed by atoms with E-state index in [2.05, 4.69) is 4.98 Å². The van der Waals surface area contributed by atoms with Gasteiger partial charge in [-0.2, -0.15) is 0 Å². The van der Waals surface area contributed by atoms with Gasteiger partial charge in [0.05, 0.1) is 24.5 Å². The van der Waals surface area contributed by atoms with Crippen LogP contribution in [0.15, 0.2) is 33.9 Å². The van der Waals surface area contributed by atoms with Crippen LogP contribution in [0.3, 0.4) is 0 Å². The zero-order chi connectivity index (χ0) is 17.3. The van der Waals surface area contributed by atoms with E-state index in [0.717, 1.165) is 21.0 Å². The van der Waals surface area contributed by atoms with Crippen molar-refractivity contribution in [3.8, 4) is 0 Å². The number of rotatable bonds is 5. The normalized spacial score (nSPS) is 11.1. The number of aromatic nitrogens is 2. The molecule has 24 heavy (non-hydrogen) atoms. The molecule has 0 aliphatic rings. The Balaban J connectivity index is 1.71. The Hall–Kier alpha value is -2.41. The smallest absolute Gasteiger partial charge is 0.262 e. The largest absolute Gasteiger partial charge is 0.467 e. The minimum atomic E-state index is -0.0802. The fourth-order valence-corrected chi connectivity index (χ4v) is 3.55. The molecular weight excluding hydrogens is 326 g/mol. The standard InChI is InChI=1S/C17H19N3O3S/c1-11-12(2)24-16-15(11)17(22)20(10-18-16)7-6-14(21)19(3)9-13-5-4-8-23-13/h4-5,8,10H,6-7,9H2,1-3H3. The van der Waals surface area contributed by atoms with Crippen LogP contribution in [0.1, 0.15) is 22.6 Å². The Labute approximate surface area is 143 Å². The van der Waals surface area contributed by atoms with Crippen LogP contribution in [-0.2, 0) is 17.9 Å². The third kappa shape index (κ3) is 3.12. The molecule has 0 aliphatic heterocycles. The summed E-state index contributed by atoms with van der Waals surface area (Å²) in [4.78, 5) is 32.6.